The van der Waals surface area contributed by atoms with Crippen LogP contribution in [0.15, 0.2) is 18.3 Å². The van der Waals surface area contributed by atoms with E-state index in [-0.39, 0.29) is 6.10 Å². The van der Waals surface area contributed by atoms with Gasteiger partial charge in [-0.1, -0.05) is 0 Å². The van der Waals surface area contributed by atoms with Gasteiger partial charge >= 0.3 is 0 Å². The third kappa shape index (κ3) is 2.09. The van der Waals surface area contributed by atoms with Gasteiger partial charge in [-0.2, -0.15) is 0 Å². The van der Waals surface area contributed by atoms with Crippen LogP contribution in [0.3, 0.4) is 0 Å². The number of aliphatic hydroxyl groups is 1. The Hall–Kier alpha value is -0.800. The van der Waals surface area contributed by atoms with Crippen LogP contribution in [0.25, 0.3) is 0 Å². The number of rotatable bonds is 3. The SMILES string of the molecule is CN(C)CC(O)c1cccn1C. The Labute approximate surface area is 73.2 Å². The summed E-state index contributed by atoms with van der Waals surface area (Å²) in [7, 11) is 5.84. The summed E-state index contributed by atoms with van der Waals surface area (Å²) in [6.45, 7) is 0.665. The maximum Gasteiger partial charge on any atom is 0.107 e. The molecule has 0 amide bonds. The van der Waals surface area contributed by atoms with Crippen molar-refractivity contribution < 1.29 is 5.11 Å². The van der Waals surface area contributed by atoms with Gasteiger partial charge in [0.25, 0.3) is 0 Å². The molecule has 12 heavy (non-hydrogen) atoms. The van der Waals surface area contributed by atoms with Crippen molar-refractivity contribution in [1.82, 2.24) is 9.47 Å². The van der Waals surface area contributed by atoms with Crippen molar-refractivity contribution in [2.24, 2.45) is 7.05 Å². The molecule has 0 radical (unpaired) electrons. The Morgan fingerprint density at radius 3 is 2.67 bits per heavy atom. The lowest BCUT2D eigenvalue weighted by Gasteiger charge is -2.16. The minimum absolute atomic E-state index is 0.389. The highest BCUT2D eigenvalue weighted by Crippen LogP contribution is 2.12. The number of nitrogens with zero attached hydrogens (tertiary/aromatic N) is 2. The highest BCUT2D eigenvalue weighted by molar-refractivity contribution is 5.09. The molecular formula is C9H16N2O. The molecule has 3 heteroatoms. The molecule has 0 aliphatic heterocycles. The second-order valence-electron chi connectivity index (χ2n) is 3.32. The zero-order valence-corrected chi connectivity index (χ0v) is 7.86. The maximum absolute atomic E-state index is 9.70. The molecule has 0 spiro atoms. The van der Waals surface area contributed by atoms with Crippen LogP contribution < -0.4 is 0 Å². The van der Waals surface area contributed by atoms with Crippen LogP contribution in [0.4, 0.5) is 0 Å². The lowest BCUT2D eigenvalue weighted by Crippen LogP contribution is -2.21. The first-order valence-corrected chi connectivity index (χ1v) is 4.05. The summed E-state index contributed by atoms with van der Waals surface area (Å²) in [5, 5.41) is 9.70. The third-order valence-electron chi connectivity index (χ3n) is 1.86. The molecule has 1 N–H and O–H groups in total. The zero-order valence-electron chi connectivity index (χ0n) is 7.86. The fraction of sp³-hybridized carbons (Fsp3) is 0.556. The van der Waals surface area contributed by atoms with Gasteiger partial charge in [0, 0.05) is 25.5 Å². The summed E-state index contributed by atoms with van der Waals surface area (Å²) in [4.78, 5) is 1.97. The van der Waals surface area contributed by atoms with E-state index in [1.165, 1.54) is 0 Å². The Morgan fingerprint density at radius 1 is 1.58 bits per heavy atom. The van der Waals surface area contributed by atoms with Gasteiger partial charge in [-0.3, -0.25) is 0 Å². The predicted octanol–water partition coefficient (Wildman–Crippen LogP) is 0.620. The minimum Gasteiger partial charge on any atom is -0.386 e. The van der Waals surface area contributed by atoms with Gasteiger partial charge < -0.3 is 14.6 Å². The number of aromatic nitrogens is 1. The van der Waals surface area contributed by atoms with Crippen molar-refractivity contribution in [3.05, 3.63) is 24.0 Å². The van der Waals surface area contributed by atoms with Crippen molar-refractivity contribution in [2.75, 3.05) is 20.6 Å². The quantitative estimate of drug-likeness (QED) is 0.716. The summed E-state index contributed by atoms with van der Waals surface area (Å²) in [6.07, 6.45) is 1.55. The van der Waals surface area contributed by atoms with Gasteiger partial charge in [-0.05, 0) is 26.2 Å². The van der Waals surface area contributed by atoms with Crippen LogP contribution >= 0.6 is 0 Å². The molecular weight excluding hydrogens is 152 g/mol. The van der Waals surface area contributed by atoms with Crippen molar-refractivity contribution in [3.8, 4) is 0 Å². The molecule has 1 atom stereocenters. The zero-order chi connectivity index (χ0) is 9.14. The van der Waals surface area contributed by atoms with Crippen LogP contribution in [0.5, 0.6) is 0 Å². The van der Waals surface area contributed by atoms with Crippen molar-refractivity contribution >= 4 is 0 Å². The van der Waals surface area contributed by atoms with Gasteiger partial charge in [-0.25, -0.2) is 0 Å². The molecule has 0 aliphatic carbocycles. The number of hydrogen-bond acceptors (Lipinski definition) is 2. The monoisotopic (exact) mass is 168 g/mol. The summed E-state index contributed by atoms with van der Waals surface area (Å²) in [5.41, 5.74) is 0.962. The summed E-state index contributed by atoms with van der Waals surface area (Å²) in [5.74, 6) is 0. The van der Waals surface area contributed by atoms with Crippen molar-refractivity contribution in [1.29, 1.82) is 0 Å². The van der Waals surface area contributed by atoms with E-state index in [9.17, 15) is 5.11 Å². The van der Waals surface area contributed by atoms with Crippen LogP contribution in [-0.4, -0.2) is 35.2 Å². The normalized spacial score (nSPS) is 13.8. The largest absolute Gasteiger partial charge is 0.386 e. The van der Waals surface area contributed by atoms with Gasteiger partial charge in [-0.15, -0.1) is 0 Å². The molecule has 3 nitrogen and oxygen atoms in total. The fourth-order valence-corrected chi connectivity index (χ4v) is 1.26. The molecule has 0 bridgehead atoms. The van der Waals surface area contributed by atoms with Gasteiger partial charge in [0.15, 0.2) is 0 Å². The van der Waals surface area contributed by atoms with E-state index < -0.39 is 0 Å². The summed E-state index contributed by atoms with van der Waals surface area (Å²) < 4.78 is 1.94. The predicted molar refractivity (Wildman–Crippen MR) is 48.9 cm³/mol. The highest BCUT2D eigenvalue weighted by Gasteiger charge is 2.10. The van der Waals surface area contributed by atoms with Gasteiger partial charge in [0.05, 0.1) is 0 Å². The van der Waals surface area contributed by atoms with E-state index in [2.05, 4.69) is 0 Å². The molecule has 1 rings (SSSR count). The lowest BCUT2D eigenvalue weighted by molar-refractivity contribution is 0.131. The molecule has 1 heterocycles. The van der Waals surface area contributed by atoms with Crippen LogP contribution in [0.1, 0.15) is 11.8 Å². The average Bonchev–Trinajstić information content (AvgIpc) is 2.33. The Bertz CT molecular complexity index is 242. The molecule has 0 fully saturated rings. The van der Waals surface area contributed by atoms with E-state index in [1.807, 2.05) is 48.9 Å². The standard InChI is InChI=1S/C9H16N2O/c1-10(2)7-9(12)8-5-4-6-11(8)3/h4-6,9,12H,7H2,1-3H3. The average molecular weight is 168 g/mol. The number of aliphatic hydroxyl groups excluding tert-OH is 1. The molecule has 0 saturated carbocycles. The first kappa shape index (κ1) is 9.29. The summed E-state index contributed by atoms with van der Waals surface area (Å²) in [6, 6.07) is 3.88. The lowest BCUT2D eigenvalue weighted by atomic mass is 10.2. The number of aryl methyl sites for hydroxylation is 1. The van der Waals surface area contributed by atoms with Crippen molar-refractivity contribution in [2.45, 2.75) is 6.10 Å². The van der Waals surface area contributed by atoms with Crippen LogP contribution in [0, 0.1) is 0 Å². The third-order valence-corrected chi connectivity index (χ3v) is 1.86. The number of hydrogen-bond donors (Lipinski definition) is 1. The van der Waals surface area contributed by atoms with E-state index in [0.717, 1.165) is 5.69 Å². The van der Waals surface area contributed by atoms with Crippen LogP contribution in [-0.2, 0) is 7.05 Å². The topological polar surface area (TPSA) is 28.4 Å². The maximum atomic E-state index is 9.70. The fourth-order valence-electron chi connectivity index (χ4n) is 1.26. The number of likely N-dealkylation sites (N-methyl/N-ethyl adjacent to an activating group) is 1. The minimum atomic E-state index is -0.389. The summed E-state index contributed by atoms with van der Waals surface area (Å²) >= 11 is 0. The Balaban J connectivity index is 2.65. The van der Waals surface area contributed by atoms with Crippen molar-refractivity contribution in [3.63, 3.8) is 0 Å². The van der Waals surface area contributed by atoms with E-state index in [4.69, 9.17) is 0 Å². The highest BCUT2D eigenvalue weighted by atomic mass is 16.3. The molecule has 1 aromatic heterocycles. The molecule has 0 aliphatic rings. The molecule has 68 valence electrons. The molecule has 1 unspecified atom stereocenters. The molecule has 0 aromatic carbocycles. The second-order valence-corrected chi connectivity index (χ2v) is 3.32. The second kappa shape index (κ2) is 3.74. The van der Waals surface area contributed by atoms with Gasteiger partial charge in [0.2, 0.25) is 0 Å². The molecule has 1 aromatic rings. The van der Waals surface area contributed by atoms with Gasteiger partial charge in [0.1, 0.15) is 6.10 Å². The Morgan fingerprint density at radius 2 is 2.25 bits per heavy atom. The first-order valence-electron chi connectivity index (χ1n) is 4.05. The molecule has 0 saturated heterocycles. The van der Waals surface area contributed by atoms with E-state index in [1.54, 1.807) is 0 Å². The smallest absolute Gasteiger partial charge is 0.107 e. The van der Waals surface area contributed by atoms with Crippen LogP contribution in [0.2, 0.25) is 0 Å². The van der Waals surface area contributed by atoms with E-state index >= 15 is 0 Å². The Kier molecular flexibility index (Phi) is 2.89. The first-order chi connectivity index (χ1) is 5.61. The van der Waals surface area contributed by atoms with E-state index in [0.29, 0.717) is 6.54 Å².